The molecular weight excluding hydrogens is 128 g/mol. The first kappa shape index (κ1) is 7.38. The molecule has 1 atom stereocenters. The van der Waals surface area contributed by atoms with Gasteiger partial charge in [-0.2, -0.15) is 0 Å². The van der Waals surface area contributed by atoms with Crippen LogP contribution in [0.25, 0.3) is 0 Å². The fourth-order valence-electron chi connectivity index (χ4n) is 1.26. The van der Waals surface area contributed by atoms with Gasteiger partial charge in [0.05, 0.1) is 0 Å². The number of rotatable bonds is 1. The summed E-state index contributed by atoms with van der Waals surface area (Å²) in [6.45, 7) is 0. The molecule has 1 fully saturated rings. The Balaban J connectivity index is 2.19. The maximum Gasteiger partial charge on any atom is 0.312 e. The van der Waals surface area contributed by atoms with Crippen molar-refractivity contribution in [1.29, 1.82) is 0 Å². The summed E-state index contributed by atoms with van der Waals surface area (Å²) >= 11 is 0. The van der Waals surface area contributed by atoms with Gasteiger partial charge in [0, 0.05) is 6.04 Å². The van der Waals surface area contributed by atoms with Crippen LogP contribution in [-0.4, -0.2) is 12.1 Å². The summed E-state index contributed by atoms with van der Waals surface area (Å²) in [5.74, 6) is 0. The van der Waals surface area contributed by atoms with E-state index in [1.54, 1.807) is 0 Å². The summed E-state index contributed by atoms with van der Waals surface area (Å²) in [6, 6.07) is -0.186. The molecule has 1 saturated carbocycles. The van der Waals surface area contributed by atoms with Crippen molar-refractivity contribution >= 4 is 6.03 Å². The van der Waals surface area contributed by atoms with Gasteiger partial charge >= 0.3 is 6.03 Å². The summed E-state index contributed by atoms with van der Waals surface area (Å²) in [5.41, 5.74) is 4.95. The Bertz CT molecular complexity index is 119. The largest absolute Gasteiger partial charge is 0.352 e. The van der Waals surface area contributed by atoms with Crippen molar-refractivity contribution in [2.75, 3.05) is 0 Å². The summed E-state index contributed by atoms with van der Waals surface area (Å²) in [5, 5.41) is 2.66. The molecule has 1 radical (unpaired) electrons. The Hall–Kier alpha value is -0.730. The second kappa shape index (κ2) is 3.44. The predicted octanol–water partition coefficient (Wildman–Crippen LogP) is 0.802. The van der Waals surface area contributed by atoms with Gasteiger partial charge < -0.3 is 11.1 Å². The maximum absolute atomic E-state index is 10.4. The van der Waals surface area contributed by atoms with Crippen molar-refractivity contribution in [3.8, 4) is 0 Å². The van der Waals surface area contributed by atoms with E-state index >= 15 is 0 Å². The zero-order chi connectivity index (χ0) is 7.40. The van der Waals surface area contributed by atoms with E-state index in [0.717, 1.165) is 12.8 Å². The zero-order valence-electron chi connectivity index (χ0n) is 5.97. The van der Waals surface area contributed by atoms with Crippen LogP contribution in [0.4, 0.5) is 4.79 Å². The van der Waals surface area contributed by atoms with Crippen LogP contribution in [0.1, 0.15) is 25.7 Å². The van der Waals surface area contributed by atoms with E-state index in [-0.39, 0.29) is 6.04 Å². The lowest BCUT2D eigenvalue weighted by Gasteiger charge is -2.20. The number of carbonyl (C=O) groups is 1. The standard InChI is InChI=1S/C7H13N2O/c8-7(10)9-6-4-2-1-3-5-6/h4,6H,1-3,5H2,(H3,8,9,10). The fraction of sp³-hybridized carbons (Fsp3) is 0.714. The van der Waals surface area contributed by atoms with Crippen molar-refractivity contribution in [2.45, 2.75) is 31.7 Å². The molecule has 3 nitrogen and oxygen atoms in total. The highest BCUT2D eigenvalue weighted by Crippen LogP contribution is 2.15. The lowest BCUT2D eigenvalue weighted by molar-refractivity contribution is 0.244. The number of primary amides is 1. The van der Waals surface area contributed by atoms with Crippen LogP contribution < -0.4 is 11.1 Å². The van der Waals surface area contributed by atoms with Crippen molar-refractivity contribution in [2.24, 2.45) is 5.73 Å². The molecule has 10 heavy (non-hydrogen) atoms. The molecule has 0 spiro atoms. The molecule has 57 valence electrons. The molecule has 1 aliphatic rings. The number of nitrogens with one attached hydrogen (secondary N) is 1. The number of amides is 2. The monoisotopic (exact) mass is 141 g/mol. The van der Waals surface area contributed by atoms with Gasteiger partial charge in [-0.1, -0.05) is 12.8 Å². The van der Waals surface area contributed by atoms with Gasteiger partial charge in [0.2, 0.25) is 0 Å². The zero-order valence-corrected chi connectivity index (χ0v) is 5.97. The van der Waals surface area contributed by atoms with Crippen LogP contribution in [-0.2, 0) is 0 Å². The third-order valence-electron chi connectivity index (χ3n) is 1.75. The number of urea groups is 1. The smallest absolute Gasteiger partial charge is 0.312 e. The molecule has 3 heteroatoms. The van der Waals surface area contributed by atoms with Crippen LogP contribution in [0.3, 0.4) is 0 Å². The van der Waals surface area contributed by atoms with Gasteiger partial charge in [0.15, 0.2) is 0 Å². The minimum absolute atomic E-state index is 0.228. The number of hydrogen-bond donors (Lipinski definition) is 2. The van der Waals surface area contributed by atoms with Crippen LogP contribution in [0.2, 0.25) is 0 Å². The molecule has 0 aromatic rings. The molecule has 0 aromatic heterocycles. The number of hydrogen-bond acceptors (Lipinski definition) is 1. The average molecular weight is 141 g/mol. The Morgan fingerprint density at radius 3 is 2.90 bits per heavy atom. The maximum atomic E-state index is 10.4. The minimum Gasteiger partial charge on any atom is -0.352 e. The number of carbonyl (C=O) groups excluding carboxylic acids is 1. The molecule has 0 heterocycles. The first-order valence-corrected chi connectivity index (χ1v) is 3.68. The molecule has 2 amide bonds. The first-order valence-electron chi connectivity index (χ1n) is 3.68. The van der Waals surface area contributed by atoms with Gasteiger partial charge in [-0.3, -0.25) is 0 Å². The molecule has 3 N–H and O–H groups in total. The second-order valence-corrected chi connectivity index (χ2v) is 2.64. The van der Waals surface area contributed by atoms with Crippen LogP contribution in [0.5, 0.6) is 0 Å². The van der Waals surface area contributed by atoms with E-state index in [4.69, 9.17) is 5.73 Å². The average Bonchev–Trinajstić information content (AvgIpc) is 1.88. The summed E-state index contributed by atoms with van der Waals surface area (Å²) in [7, 11) is 0. The topological polar surface area (TPSA) is 55.1 Å². The first-order chi connectivity index (χ1) is 4.79. The fourth-order valence-corrected chi connectivity index (χ4v) is 1.26. The summed E-state index contributed by atoms with van der Waals surface area (Å²) in [4.78, 5) is 10.4. The Morgan fingerprint density at radius 1 is 1.60 bits per heavy atom. The molecule has 0 aromatic carbocycles. The van der Waals surface area contributed by atoms with Crippen LogP contribution >= 0.6 is 0 Å². The third-order valence-corrected chi connectivity index (χ3v) is 1.75. The Kier molecular flexibility index (Phi) is 2.54. The van der Waals surface area contributed by atoms with E-state index in [9.17, 15) is 4.79 Å². The molecule has 0 bridgehead atoms. The summed E-state index contributed by atoms with van der Waals surface area (Å²) < 4.78 is 0. The van der Waals surface area contributed by atoms with E-state index in [1.807, 2.05) is 0 Å². The summed E-state index contributed by atoms with van der Waals surface area (Å²) in [6.07, 6.45) is 6.71. The van der Waals surface area contributed by atoms with Gasteiger partial charge in [-0.15, -0.1) is 0 Å². The van der Waals surface area contributed by atoms with Crippen molar-refractivity contribution in [3.05, 3.63) is 6.42 Å². The van der Waals surface area contributed by atoms with Gasteiger partial charge in [0.25, 0.3) is 0 Å². The highest BCUT2D eigenvalue weighted by Gasteiger charge is 2.13. The molecule has 0 aliphatic heterocycles. The molecule has 0 saturated heterocycles. The van der Waals surface area contributed by atoms with E-state index in [0.29, 0.717) is 0 Å². The molecule has 1 unspecified atom stereocenters. The van der Waals surface area contributed by atoms with Gasteiger partial charge in [-0.25, -0.2) is 4.79 Å². The SMILES string of the molecule is NC(=O)NC1[CH]CCCC1. The molecule has 1 rings (SSSR count). The van der Waals surface area contributed by atoms with Crippen molar-refractivity contribution in [3.63, 3.8) is 0 Å². The van der Waals surface area contributed by atoms with Crippen LogP contribution in [0.15, 0.2) is 0 Å². The lowest BCUT2D eigenvalue weighted by Crippen LogP contribution is -2.39. The van der Waals surface area contributed by atoms with Gasteiger partial charge in [0.1, 0.15) is 0 Å². The highest BCUT2D eigenvalue weighted by molar-refractivity contribution is 5.72. The van der Waals surface area contributed by atoms with Crippen molar-refractivity contribution in [1.82, 2.24) is 5.32 Å². The molecule has 1 aliphatic carbocycles. The number of nitrogens with two attached hydrogens (primary N) is 1. The van der Waals surface area contributed by atoms with Gasteiger partial charge in [-0.05, 0) is 19.3 Å². The van der Waals surface area contributed by atoms with E-state index < -0.39 is 6.03 Å². The normalized spacial score (nSPS) is 20.4. The predicted molar refractivity (Wildman–Crippen MR) is 39.3 cm³/mol. The Morgan fingerprint density at radius 2 is 2.40 bits per heavy atom. The minimum atomic E-state index is -0.414. The van der Waals surface area contributed by atoms with Crippen molar-refractivity contribution < 1.29 is 4.79 Å². The van der Waals surface area contributed by atoms with Crippen LogP contribution in [0, 0.1) is 6.42 Å². The second-order valence-electron chi connectivity index (χ2n) is 2.64. The Labute approximate surface area is 61.0 Å². The lowest BCUT2D eigenvalue weighted by atomic mass is 9.96. The molecular formula is C7H13N2O. The van der Waals surface area contributed by atoms with E-state index in [1.165, 1.54) is 12.8 Å². The third kappa shape index (κ3) is 2.25. The van der Waals surface area contributed by atoms with E-state index in [2.05, 4.69) is 11.7 Å². The highest BCUT2D eigenvalue weighted by atomic mass is 16.2. The quantitative estimate of drug-likeness (QED) is 0.557.